The van der Waals surface area contributed by atoms with Crippen molar-refractivity contribution in [2.45, 2.75) is 39.2 Å². The molecule has 3 heterocycles. The highest BCUT2D eigenvalue weighted by molar-refractivity contribution is 5.99. The molecule has 8 heteroatoms. The SMILES string of the molecule is Cc1nc2cc(C3CCCCN3C(=O)c3ccc(F)cc3N)[nH]n2c(=O)c1C. The number of hydrogen-bond acceptors (Lipinski definition) is 4. The van der Waals surface area contributed by atoms with Crippen LogP contribution in [0.3, 0.4) is 0 Å². The van der Waals surface area contributed by atoms with Gasteiger partial charge in [0.25, 0.3) is 11.5 Å². The van der Waals surface area contributed by atoms with Gasteiger partial charge in [0.15, 0.2) is 5.65 Å². The number of nitrogens with two attached hydrogens (primary N) is 1. The van der Waals surface area contributed by atoms with E-state index in [0.717, 1.165) is 31.0 Å². The highest BCUT2D eigenvalue weighted by Crippen LogP contribution is 2.32. The Kier molecular flexibility index (Phi) is 4.41. The molecule has 28 heavy (non-hydrogen) atoms. The summed E-state index contributed by atoms with van der Waals surface area (Å²) >= 11 is 0. The minimum Gasteiger partial charge on any atom is -0.398 e. The molecule has 1 amide bonds. The third-order valence-corrected chi connectivity index (χ3v) is 5.47. The van der Waals surface area contributed by atoms with E-state index in [1.165, 1.54) is 16.6 Å². The van der Waals surface area contributed by atoms with Crippen molar-refractivity contribution < 1.29 is 9.18 Å². The Balaban J connectivity index is 1.75. The second-order valence-electron chi connectivity index (χ2n) is 7.27. The van der Waals surface area contributed by atoms with E-state index in [0.29, 0.717) is 23.4 Å². The van der Waals surface area contributed by atoms with Gasteiger partial charge in [-0.3, -0.25) is 14.7 Å². The van der Waals surface area contributed by atoms with Gasteiger partial charge in [0, 0.05) is 29.6 Å². The maximum atomic E-state index is 13.4. The lowest BCUT2D eigenvalue weighted by atomic mass is 9.98. The number of fused-ring (bicyclic) bond motifs is 1. The number of carbonyl (C=O) groups is 1. The molecule has 0 bridgehead atoms. The van der Waals surface area contributed by atoms with Crippen LogP contribution in [0.5, 0.6) is 0 Å². The number of benzene rings is 1. The number of nitrogens with zero attached hydrogens (tertiary/aromatic N) is 3. The summed E-state index contributed by atoms with van der Waals surface area (Å²) in [5.74, 6) is -0.718. The van der Waals surface area contributed by atoms with Crippen LogP contribution < -0.4 is 11.3 Å². The summed E-state index contributed by atoms with van der Waals surface area (Å²) < 4.78 is 14.8. The van der Waals surface area contributed by atoms with E-state index in [4.69, 9.17) is 5.73 Å². The van der Waals surface area contributed by atoms with Gasteiger partial charge in [-0.25, -0.2) is 13.9 Å². The number of H-pyrrole nitrogens is 1. The van der Waals surface area contributed by atoms with E-state index in [2.05, 4.69) is 10.1 Å². The fourth-order valence-electron chi connectivity index (χ4n) is 3.79. The Labute approximate surface area is 161 Å². The van der Waals surface area contributed by atoms with Crippen LogP contribution >= 0.6 is 0 Å². The quantitative estimate of drug-likeness (QED) is 0.665. The number of aryl methyl sites for hydroxylation is 1. The van der Waals surface area contributed by atoms with Gasteiger partial charge < -0.3 is 10.6 Å². The van der Waals surface area contributed by atoms with Crippen LogP contribution in [-0.4, -0.2) is 31.9 Å². The molecule has 146 valence electrons. The third-order valence-electron chi connectivity index (χ3n) is 5.47. The van der Waals surface area contributed by atoms with Crippen LogP contribution in [0.2, 0.25) is 0 Å². The summed E-state index contributed by atoms with van der Waals surface area (Å²) in [6.45, 7) is 4.11. The first-order chi connectivity index (χ1) is 13.4. The molecule has 0 spiro atoms. The molecule has 1 aliphatic heterocycles. The van der Waals surface area contributed by atoms with Crippen LogP contribution in [0.15, 0.2) is 29.1 Å². The molecule has 3 aromatic rings. The molecule has 0 saturated carbocycles. The van der Waals surface area contributed by atoms with E-state index >= 15 is 0 Å². The van der Waals surface area contributed by atoms with Gasteiger partial charge >= 0.3 is 0 Å². The zero-order chi connectivity index (χ0) is 20.0. The average molecular weight is 383 g/mol. The highest BCUT2D eigenvalue weighted by atomic mass is 19.1. The number of halogens is 1. The minimum absolute atomic E-state index is 0.120. The summed E-state index contributed by atoms with van der Waals surface area (Å²) in [7, 11) is 0. The second-order valence-corrected chi connectivity index (χ2v) is 7.27. The highest BCUT2D eigenvalue weighted by Gasteiger charge is 2.31. The largest absolute Gasteiger partial charge is 0.398 e. The number of carbonyl (C=O) groups excluding carboxylic acids is 1. The predicted octanol–water partition coefficient (Wildman–Crippen LogP) is 2.73. The first-order valence-electron chi connectivity index (χ1n) is 9.31. The smallest absolute Gasteiger partial charge is 0.275 e. The Hall–Kier alpha value is -3.16. The van der Waals surface area contributed by atoms with Crippen molar-refractivity contribution in [3.63, 3.8) is 0 Å². The van der Waals surface area contributed by atoms with Crippen molar-refractivity contribution in [3.8, 4) is 0 Å². The third kappa shape index (κ3) is 2.94. The van der Waals surface area contributed by atoms with Gasteiger partial charge in [0.1, 0.15) is 5.82 Å². The molecule has 7 nitrogen and oxygen atoms in total. The van der Waals surface area contributed by atoms with E-state index in [1.807, 2.05) is 6.07 Å². The number of piperidine rings is 1. The van der Waals surface area contributed by atoms with Crippen molar-refractivity contribution in [1.82, 2.24) is 19.5 Å². The molecule has 0 aliphatic carbocycles. The van der Waals surface area contributed by atoms with Crippen molar-refractivity contribution in [2.24, 2.45) is 0 Å². The number of nitrogen functional groups attached to an aromatic ring is 1. The summed E-state index contributed by atoms with van der Waals surface area (Å²) in [4.78, 5) is 31.9. The van der Waals surface area contributed by atoms with Gasteiger partial charge in [0.05, 0.1) is 17.3 Å². The first kappa shape index (κ1) is 18.2. The zero-order valence-electron chi connectivity index (χ0n) is 15.8. The summed E-state index contributed by atoms with van der Waals surface area (Å²) in [5.41, 5.74) is 8.69. The number of likely N-dealkylation sites (tertiary alicyclic amines) is 1. The number of rotatable bonds is 2. The number of aromatic amines is 1. The molecular formula is C20H22FN5O2. The van der Waals surface area contributed by atoms with Crippen molar-refractivity contribution >= 4 is 17.2 Å². The monoisotopic (exact) mass is 383 g/mol. The minimum atomic E-state index is -0.476. The van der Waals surface area contributed by atoms with Crippen molar-refractivity contribution in [3.05, 3.63) is 63.0 Å². The molecule has 1 saturated heterocycles. The molecular weight excluding hydrogens is 361 g/mol. The number of anilines is 1. The maximum absolute atomic E-state index is 13.4. The normalized spacial score (nSPS) is 17.2. The Bertz CT molecular complexity index is 1130. The Morgan fingerprint density at radius 2 is 2.07 bits per heavy atom. The number of nitrogens with one attached hydrogen (secondary N) is 1. The summed E-state index contributed by atoms with van der Waals surface area (Å²) in [6.07, 6.45) is 2.59. The van der Waals surface area contributed by atoms with E-state index in [9.17, 15) is 14.0 Å². The standard InChI is InChI=1S/C20H22FN5O2/c1-11-12(2)23-18-10-16(24-26(18)19(11)27)17-5-3-4-8-25(17)20(28)14-7-6-13(21)9-15(14)22/h6-7,9-10,17,24H,3-5,8,22H2,1-2H3. The molecule has 4 rings (SSSR count). The van der Waals surface area contributed by atoms with Crippen LogP contribution in [-0.2, 0) is 0 Å². The molecule has 1 fully saturated rings. The fourth-order valence-corrected chi connectivity index (χ4v) is 3.79. The lowest BCUT2D eigenvalue weighted by molar-refractivity contribution is 0.0606. The Morgan fingerprint density at radius 3 is 2.82 bits per heavy atom. The molecule has 3 N–H and O–H groups in total. The molecule has 0 radical (unpaired) electrons. The Morgan fingerprint density at radius 1 is 1.29 bits per heavy atom. The average Bonchev–Trinajstić information content (AvgIpc) is 3.09. The summed E-state index contributed by atoms with van der Waals surface area (Å²) in [5, 5.41) is 3.12. The van der Waals surface area contributed by atoms with Crippen LogP contribution in [0.4, 0.5) is 10.1 Å². The molecule has 1 aliphatic rings. The molecule has 1 aromatic carbocycles. The van der Waals surface area contributed by atoms with E-state index in [-0.39, 0.29) is 28.8 Å². The van der Waals surface area contributed by atoms with Gasteiger partial charge in [-0.15, -0.1) is 0 Å². The van der Waals surface area contributed by atoms with Gasteiger partial charge in [-0.1, -0.05) is 0 Å². The summed E-state index contributed by atoms with van der Waals surface area (Å²) in [6, 6.07) is 5.40. The molecule has 1 atom stereocenters. The maximum Gasteiger partial charge on any atom is 0.275 e. The molecule has 1 unspecified atom stereocenters. The second kappa shape index (κ2) is 6.78. The zero-order valence-corrected chi connectivity index (χ0v) is 15.8. The van der Waals surface area contributed by atoms with Crippen LogP contribution in [0.25, 0.3) is 5.65 Å². The number of aromatic nitrogens is 3. The van der Waals surface area contributed by atoms with Crippen LogP contribution in [0, 0.1) is 19.7 Å². The molecule has 2 aromatic heterocycles. The first-order valence-corrected chi connectivity index (χ1v) is 9.31. The number of hydrogen-bond donors (Lipinski definition) is 2. The van der Waals surface area contributed by atoms with Crippen molar-refractivity contribution in [2.75, 3.05) is 12.3 Å². The van der Waals surface area contributed by atoms with Gasteiger partial charge in [-0.05, 0) is 51.3 Å². The lowest BCUT2D eigenvalue weighted by Crippen LogP contribution is -2.39. The van der Waals surface area contributed by atoms with Gasteiger partial charge in [0.2, 0.25) is 0 Å². The lowest BCUT2D eigenvalue weighted by Gasteiger charge is -2.35. The van der Waals surface area contributed by atoms with E-state index in [1.54, 1.807) is 18.7 Å². The van der Waals surface area contributed by atoms with Gasteiger partial charge in [-0.2, -0.15) is 0 Å². The topological polar surface area (TPSA) is 96.5 Å². The number of amides is 1. The fraction of sp³-hybridized carbons (Fsp3) is 0.350. The van der Waals surface area contributed by atoms with Crippen LogP contribution in [0.1, 0.15) is 52.6 Å². The van der Waals surface area contributed by atoms with E-state index < -0.39 is 5.82 Å². The van der Waals surface area contributed by atoms with Crippen molar-refractivity contribution in [1.29, 1.82) is 0 Å². The predicted molar refractivity (Wildman–Crippen MR) is 104 cm³/mol.